The fourth-order valence-electron chi connectivity index (χ4n) is 9.52. The van der Waals surface area contributed by atoms with Crippen LogP contribution in [0.1, 0.15) is 309 Å². The van der Waals surface area contributed by atoms with E-state index in [1.54, 1.807) is 0 Å². The second kappa shape index (κ2) is 66.1. The molecule has 3 N–H and O–H groups in total. The third-order valence-electron chi connectivity index (χ3n) is 14.5. The standard InChI is InChI=1S/C71H126NO8P/c1-3-5-7-9-11-13-15-17-19-21-23-24-25-26-27-28-29-30-31-32-33-34-35-36-37-38-39-40-41-42-43-44-46-47-49-51-53-55-57-59-61-63-70(73)77-67-69(68-79-81(75,76)78-66-65-72)80-71(74)64-62-60-58-56-54-52-50-48-45-22-20-18-16-14-12-10-8-6-4-2/h6,8,12,14-15,17-18,20-21,23,45,48,52,54,58,60,69H,3-5,7,9-11,13,16,19,22,24-44,46-47,49-51,53,55-57,59,61-68,72H2,1-2H3,(H,75,76)/b8-6-,14-12-,17-15-,20-18-,23-21-,48-45-,54-52-,60-58-. The van der Waals surface area contributed by atoms with Gasteiger partial charge in [-0.2, -0.15) is 0 Å². The third-order valence-corrected chi connectivity index (χ3v) is 15.5. The average molecular weight is 1150 g/mol. The van der Waals surface area contributed by atoms with Crippen LogP contribution in [0, 0.1) is 0 Å². The summed E-state index contributed by atoms with van der Waals surface area (Å²) in [5, 5.41) is 0. The van der Waals surface area contributed by atoms with Crippen molar-refractivity contribution in [1.82, 2.24) is 0 Å². The quantitative estimate of drug-likeness (QED) is 0.0264. The number of nitrogens with two attached hydrogens (primary N) is 1. The maximum absolute atomic E-state index is 12.7. The Kier molecular flexibility index (Phi) is 63.6. The van der Waals surface area contributed by atoms with E-state index < -0.39 is 32.5 Å². The number of rotatable bonds is 63. The van der Waals surface area contributed by atoms with Crippen molar-refractivity contribution in [3.8, 4) is 0 Å². The number of phosphoric acid groups is 1. The van der Waals surface area contributed by atoms with Crippen LogP contribution in [0.2, 0.25) is 0 Å². The lowest BCUT2D eigenvalue weighted by Crippen LogP contribution is -2.29. The van der Waals surface area contributed by atoms with Gasteiger partial charge in [-0.3, -0.25) is 18.6 Å². The molecule has 0 spiro atoms. The minimum Gasteiger partial charge on any atom is -0.462 e. The number of ether oxygens (including phenoxy) is 2. The van der Waals surface area contributed by atoms with Crippen molar-refractivity contribution in [3.05, 3.63) is 97.2 Å². The zero-order chi connectivity index (χ0) is 58.7. The molecule has 2 unspecified atom stereocenters. The first-order valence-corrected chi connectivity index (χ1v) is 35.2. The van der Waals surface area contributed by atoms with E-state index >= 15 is 0 Å². The maximum Gasteiger partial charge on any atom is 0.472 e. The Bertz CT molecular complexity index is 1650. The van der Waals surface area contributed by atoms with Crippen LogP contribution in [0.25, 0.3) is 0 Å². The number of hydrogen-bond donors (Lipinski definition) is 2. The molecule has 0 aliphatic carbocycles. The predicted octanol–water partition coefficient (Wildman–Crippen LogP) is 22.0. The molecule has 0 fully saturated rings. The van der Waals surface area contributed by atoms with E-state index in [1.807, 2.05) is 12.2 Å². The number of unbranched alkanes of at least 4 members (excludes halogenated alkanes) is 34. The van der Waals surface area contributed by atoms with E-state index in [2.05, 4.69) is 98.9 Å². The van der Waals surface area contributed by atoms with Crippen LogP contribution in [0.4, 0.5) is 0 Å². The van der Waals surface area contributed by atoms with E-state index in [9.17, 15) is 19.0 Å². The molecule has 0 aliphatic rings. The first-order chi connectivity index (χ1) is 39.8. The number of carbonyl (C=O) groups is 2. The highest BCUT2D eigenvalue weighted by Crippen LogP contribution is 2.43. The third kappa shape index (κ3) is 65.9. The van der Waals surface area contributed by atoms with Gasteiger partial charge in [0, 0.05) is 19.4 Å². The lowest BCUT2D eigenvalue weighted by Gasteiger charge is -2.19. The summed E-state index contributed by atoms with van der Waals surface area (Å²) < 4.78 is 33.0. The molecule has 0 bridgehead atoms. The second-order valence-electron chi connectivity index (χ2n) is 22.3. The summed E-state index contributed by atoms with van der Waals surface area (Å²) in [6.07, 6.45) is 89.7. The highest BCUT2D eigenvalue weighted by molar-refractivity contribution is 7.47. The van der Waals surface area contributed by atoms with Crippen molar-refractivity contribution in [1.29, 1.82) is 0 Å². The first-order valence-electron chi connectivity index (χ1n) is 33.7. The van der Waals surface area contributed by atoms with Gasteiger partial charge in [0.2, 0.25) is 0 Å². The Morgan fingerprint density at radius 2 is 0.704 bits per heavy atom. The van der Waals surface area contributed by atoms with Crippen LogP contribution < -0.4 is 5.73 Å². The molecule has 468 valence electrons. The van der Waals surface area contributed by atoms with Gasteiger partial charge < -0.3 is 20.1 Å². The van der Waals surface area contributed by atoms with Gasteiger partial charge in [-0.25, -0.2) is 4.57 Å². The fourth-order valence-corrected chi connectivity index (χ4v) is 10.3. The Labute approximate surface area is 499 Å². The summed E-state index contributed by atoms with van der Waals surface area (Å²) in [7, 11) is -4.41. The lowest BCUT2D eigenvalue weighted by atomic mass is 10.0. The molecule has 81 heavy (non-hydrogen) atoms. The fraction of sp³-hybridized carbons (Fsp3) is 0.746. The van der Waals surface area contributed by atoms with E-state index in [-0.39, 0.29) is 32.6 Å². The molecule has 0 saturated carbocycles. The summed E-state index contributed by atoms with van der Waals surface area (Å²) in [5.41, 5.74) is 5.38. The summed E-state index contributed by atoms with van der Waals surface area (Å²) in [4.78, 5) is 35.2. The molecule has 0 heterocycles. The van der Waals surface area contributed by atoms with Gasteiger partial charge in [0.25, 0.3) is 0 Å². The molecular weight excluding hydrogens is 1030 g/mol. The average Bonchev–Trinajstić information content (AvgIpc) is 3.46. The number of carbonyl (C=O) groups excluding carboxylic acids is 2. The predicted molar refractivity (Wildman–Crippen MR) is 348 cm³/mol. The van der Waals surface area contributed by atoms with Crippen LogP contribution in [-0.4, -0.2) is 49.3 Å². The van der Waals surface area contributed by atoms with Crippen molar-refractivity contribution < 1.29 is 37.6 Å². The normalized spacial score (nSPS) is 13.6. The molecule has 9 nitrogen and oxygen atoms in total. The monoisotopic (exact) mass is 1150 g/mol. The summed E-state index contributed by atoms with van der Waals surface area (Å²) in [6, 6.07) is 0. The number of phosphoric ester groups is 1. The molecule has 2 atom stereocenters. The summed E-state index contributed by atoms with van der Waals surface area (Å²) >= 11 is 0. The molecule has 0 rings (SSSR count). The highest BCUT2D eigenvalue weighted by atomic mass is 31.2. The van der Waals surface area contributed by atoms with Crippen LogP contribution in [0.5, 0.6) is 0 Å². The highest BCUT2D eigenvalue weighted by Gasteiger charge is 2.26. The van der Waals surface area contributed by atoms with Gasteiger partial charge in [0.1, 0.15) is 6.61 Å². The van der Waals surface area contributed by atoms with E-state index in [1.165, 1.54) is 212 Å². The van der Waals surface area contributed by atoms with Crippen LogP contribution in [0.15, 0.2) is 97.2 Å². The zero-order valence-electron chi connectivity index (χ0n) is 52.5. The number of hydrogen-bond acceptors (Lipinski definition) is 8. The molecule has 0 radical (unpaired) electrons. The lowest BCUT2D eigenvalue weighted by molar-refractivity contribution is -0.161. The Balaban J connectivity index is 3.80. The van der Waals surface area contributed by atoms with Crippen molar-refractivity contribution in [3.63, 3.8) is 0 Å². The summed E-state index contributed by atoms with van der Waals surface area (Å²) in [5.74, 6) is -0.920. The smallest absolute Gasteiger partial charge is 0.462 e. The molecule has 0 saturated heterocycles. The van der Waals surface area contributed by atoms with Crippen molar-refractivity contribution in [2.75, 3.05) is 26.4 Å². The molecule has 0 aliphatic heterocycles. The van der Waals surface area contributed by atoms with Gasteiger partial charge in [-0.15, -0.1) is 0 Å². The molecule has 0 aromatic carbocycles. The molecule has 10 heteroatoms. The van der Waals surface area contributed by atoms with Crippen LogP contribution >= 0.6 is 7.82 Å². The van der Waals surface area contributed by atoms with Gasteiger partial charge in [-0.05, 0) is 83.5 Å². The molecular formula is C71H126NO8P. The van der Waals surface area contributed by atoms with Crippen molar-refractivity contribution >= 4 is 19.8 Å². The van der Waals surface area contributed by atoms with Crippen molar-refractivity contribution in [2.24, 2.45) is 5.73 Å². The number of allylic oxidation sites excluding steroid dienone is 16. The van der Waals surface area contributed by atoms with Crippen LogP contribution in [0.3, 0.4) is 0 Å². The minimum atomic E-state index is -4.41. The zero-order valence-corrected chi connectivity index (χ0v) is 53.4. The SMILES string of the molecule is CC/C=C\C/C=C\C/C=C\C/C=C\C/C=C\C/C=C\CCC(=O)OC(COC(=O)CCCCCCCCCCCCCCCCCCCCCCCCCCCCCCC/C=C\C/C=C\CCCCCCC)COP(=O)(O)OCCN. The van der Waals surface area contributed by atoms with Gasteiger partial charge in [0.15, 0.2) is 6.10 Å². The maximum atomic E-state index is 12.7. The Hall–Kier alpha value is -3.07. The van der Waals surface area contributed by atoms with Gasteiger partial charge in [-0.1, -0.05) is 310 Å². The van der Waals surface area contributed by atoms with Gasteiger partial charge >= 0.3 is 19.8 Å². The largest absolute Gasteiger partial charge is 0.472 e. The van der Waals surface area contributed by atoms with E-state index in [0.717, 1.165) is 64.2 Å². The molecule has 0 aromatic heterocycles. The Morgan fingerprint density at radius 3 is 1.06 bits per heavy atom. The second-order valence-corrected chi connectivity index (χ2v) is 23.8. The molecule has 0 aromatic rings. The molecule has 0 amide bonds. The van der Waals surface area contributed by atoms with E-state index in [0.29, 0.717) is 6.42 Å². The minimum absolute atomic E-state index is 0.0390. The topological polar surface area (TPSA) is 134 Å². The van der Waals surface area contributed by atoms with Gasteiger partial charge in [0.05, 0.1) is 13.2 Å². The first kappa shape index (κ1) is 77.9. The summed E-state index contributed by atoms with van der Waals surface area (Å²) in [6.45, 7) is 3.55. The number of esters is 2. The Morgan fingerprint density at radius 1 is 0.383 bits per heavy atom. The van der Waals surface area contributed by atoms with Crippen molar-refractivity contribution in [2.45, 2.75) is 315 Å². The van der Waals surface area contributed by atoms with E-state index in [4.69, 9.17) is 24.3 Å². The van der Waals surface area contributed by atoms with Crippen LogP contribution in [-0.2, 0) is 32.7 Å².